The molecule has 1 N–H and O–H groups in total. The van der Waals surface area contributed by atoms with E-state index in [9.17, 15) is 0 Å². The van der Waals surface area contributed by atoms with Crippen molar-refractivity contribution in [2.24, 2.45) is 47.3 Å². The van der Waals surface area contributed by atoms with E-state index in [1.54, 1.807) is 22.3 Å². The largest absolute Gasteiger partial charge is 0.456 e. The second kappa shape index (κ2) is 30.1. The highest BCUT2D eigenvalue weighted by Crippen LogP contribution is 2.72. The van der Waals surface area contributed by atoms with Crippen LogP contribution in [0.25, 0.3) is 226 Å². The van der Waals surface area contributed by atoms with E-state index in [0.717, 1.165) is 142 Å². The van der Waals surface area contributed by atoms with Crippen LogP contribution in [0.3, 0.4) is 0 Å². The highest BCUT2D eigenvalue weighted by Gasteiger charge is 2.63. The van der Waals surface area contributed by atoms with E-state index in [4.69, 9.17) is 8.83 Å². The first-order valence-corrected chi connectivity index (χ1v) is 51.4. The third kappa shape index (κ3) is 11.5. The number of nitrogens with zero attached hydrogens (tertiary/aromatic N) is 5. The van der Waals surface area contributed by atoms with Crippen molar-refractivity contribution < 1.29 is 8.83 Å². The van der Waals surface area contributed by atoms with Crippen molar-refractivity contribution in [2.75, 3.05) is 5.32 Å². The molecule has 0 saturated heterocycles. The molecule has 2 spiro atoms. The molecule has 0 unspecified atom stereocenters. The first kappa shape index (κ1) is 79.5. The maximum Gasteiger partial charge on any atom is 0.136 e. The van der Waals surface area contributed by atoms with Crippen molar-refractivity contribution in [1.82, 2.24) is 23.7 Å². The minimum Gasteiger partial charge on any atom is -0.456 e. The Balaban J connectivity index is 0.000000128. The van der Waals surface area contributed by atoms with Gasteiger partial charge in [-0.15, -0.1) is 0 Å². The zero-order valence-corrected chi connectivity index (χ0v) is 78.4. The minimum absolute atomic E-state index is 0.151. The van der Waals surface area contributed by atoms with E-state index < -0.39 is 0 Å². The van der Waals surface area contributed by atoms with Gasteiger partial charge in [0.15, 0.2) is 0 Å². The van der Waals surface area contributed by atoms with E-state index in [1.807, 2.05) is 24.8 Å². The lowest BCUT2D eigenvalue weighted by Crippen LogP contribution is -2.55. The lowest BCUT2D eigenvalue weighted by Gasteiger charge is -2.61. The summed E-state index contributed by atoms with van der Waals surface area (Å²) >= 11 is 0. The molecular formula is C134H96N6O2. The minimum atomic E-state index is 0.151. The predicted octanol–water partition coefficient (Wildman–Crippen LogP) is 35.1. The van der Waals surface area contributed by atoms with Crippen molar-refractivity contribution >= 4 is 142 Å². The molecule has 0 radical (unpaired) electrons. The molecule has 7 heterocycles. The van der Waals surface area contributed by atoms with Crippen LogP contribution < -0.4 is 5.32 Å². The van der Waals surface area contributed by atoms with E-state index in [1.165, 1.54) is 207 Å². The number of rotatable bonds is 10. The molecule has 8 saturated carbocycles. The van der Waals surface area contributed by atoms with Crippen molar-refractivity contribution in [3.63, 3.8) is 0 Å². The van der Waals surface area contributed by atoms with Gasteiger partial charge in [-0.3, -0.25) is 9.97 Å². The number of anilines is 2. The van der Waals surface area contributed by atoms with E-state index in [0.29, 0.717) is 0 Å². The zero-order chi connectivity index (χ0) is 92.5. The van der Waals surface area contributed by atoms with Crippen molar-refractivity contribution in [1.29, 1.82) is 0 Å². The molecule has 0 amide bonds. The number of hydrogen-bond acceptors (Lipinski definition) is 5. The van der Waals surface area contributed by atoms with Crippen LogP contribution in [0.15, 0.2) is 416 Å². The summed E-state index contributed by atoms with van der Waals surface area (Å²) in [6.45, 7) is 0. The Morgan fingerprint density at radius 3 is 1.22 bits per heavy atom. The number of furan rings is 2. The van der Waals surface area contributed by atoms with Crippen LogP contribution in [-0.2, 0) is 10.8 Å². The molecular weight excluding hydrogens is 1730 g/mol. The molecule has 0 atom stereocenters. The SMILES string of the molecule is c1cc(-c2ccc3c(c2)c2ccccc2n3-c2cccc3cnccc23)cc(-c2ccccc2Nc2ccc3oc4cc(-c5ccc6c(c5)C5(c7ccccc7-6)C6CC7CC(C6)CC5C7)ccc4c3c2)c1.c1ccc2c(c1)-c1ccc(-c3ccc4c(c3)oc3ccc(-n5c6ccccc6c6cc(-c7ccc8c(c7)c7ccccc7n8-c7cncc8ccccc78)ccc65)cc34)cc1C21C2CC3CC(C2)CC1C3. The molecule has 7 aromatic heterocycles. The Kier molecular flexibility index (Phi) is 16.8. The van der Waals surface area contributed by atoms with Gasteiger partial charge in [0.05, 0.1) is 50.7 Å². The lowest BCUT2D eigenvalue weighted by molar-refractivity contribution is -0.0399. The molecule has 0 aliphatic heterocycles. The quantitative estimate of drug-likeness (QED) is 0.148. The topological polar surface area (TPSA) is 78.9 Å². The van der Waals surface area contributed by atoms with Gasteiger partial charge in [0.1, 0.15) is 22.3 Å². The number of pyridine rings is 2. The number of aromatic nitrogens is 5. The summed E-state index contributed by atoms with van der Waals surface area (Å²) in [4.78, 5) is 9.07. The van der Waals surface area contributed by atoms with Crippen LogP contribution in [0.5, 0.6) is 0 Å². The molecule has 8 nitrogen and oxygen atoms in total. The normalized spacial score (nSPS) is 20.9. The highest BCUT2D eigenvalue weighted by molar-refractivity contribution is 6.17. The van der Waals surface area contributed by atoms with E-state index in [2.05, 4.69) is 411 Å². The first-order chi connectivity index (χ1) is 70.3. The lowest BCUT2D eigenvalue weighted by atomic mass is 9.43. The van der Waals surface area contributed by atoms with Gasteiger partial charge in [0.2, 0.25) is 0 Å². The number of para-hydroxylation sites is 4. The second-order valence-corrected chi connectivity index (χ2v) is 42.7. The standard InChI is InChI=1S/C67H47N3O.C67H49N3O/c1-2-10-49-45(9-1)37-68-38-64(49)70-61-16-8-5-13-53(61)56-33-42(20-25-63(56)70)41-19-24-62-55(32-41)52-12-4-7-15-60(52)69(62)48-21-26-65-57(36-48)54-23-18-44(35-66(54)71-65)43-17-22-51-50-11-3-6-14-58(50)67(59(51)34-43)46-28-39-27-40(30-46)31-47(67)29-39;1-4-15-59-53(13-1)54-23-19-44(36-60(54)67(59)48-30-40-29-41(32-48)33-49(67)31-40)45-20-24-56-58-38-50(22-26-65(58)71-66(56)37-45)69-61-16-5-2-12-51(61)46-10-7-9-42(34-46)43-21-25-64-57(35-43)55-14-3-6-17-63(55)70(64)62-18-8-11-47-39-68-28-27-52(47)62/h1-26,32-40,46-47H,27-31H2;1-28,34-41,48-49,69H,29-33H2. The molecule has 10 aliphatic carbocycles. The maximum absolute atomic E-state index is 6.75. The van der Waals surface area contributed by atoms with Gasteiger partial charge in [0, 0.05) is 127 Å². The summed E-state index contributed by atoms with van der Waals surface area (Å²) < 4.78 is 20.6. The Bertz CT molecular complexity index is 9680. The van der Waals surface area contributed by atoms with Gasteiger partial charge in [0.25, 0.3) is 0 Å². The van der Waals surface area contributed by atoms with Gasteiger partial charge >= 0.3 is 0 Å². The van der Waals surface area contributed by atoms with Gasteiger partial charge in [-0.25, -0.2) is 0 Å². The van der Waals surface area contributed by atoms with Crippen LogP contribution >= 0.6 is 0 Å². The first-order valence-electron chi connectivity index (χ1n) is 51.4. The molecule has 674 valence electrons. The summed E-state index contributed by atoms with van der Waals surface area (Å²) in [5, 5.41) is 20.4. The maximum atomic E-state index is 6.75. The summed E-state index contributed by atoms with van der Waals surface area (Å²) in [6, 6.07) is 143. The van der Waals surface area contributed by atoms with Crippen LogP contribution in [0.2, 0.25) is 0 Å². The third-order valence-corrected chi connectivity index (χ3v) is 35.8. The zero-order valence-electron chi connectivity index (χ0n) is 78.4. The fraction of sp³-hybridized carbons (Fsp3) is 0.149. The van der Waals surface area contributed by atoms with Crippen LogP contribution in [0, 0.1) is 47.3 Å². The molecule has 18 aromatic carbocycles. The Morgan fingerprint density at radius 1 is 0.232 bits per heavy atom. The predicted molar refractivity (Wildman–Crippen MR) is 584 cm³/mol. The summed E-state index contributed by atoms with van der Waals surface area (Å²) in [6.07, 6.45) is 21.9. The molecule has 35 rings (SSSR count). The van der Waals surface area contributed by atoms with Crippen LogP contribution in [-0.4, -0.2) is 23.7 Å². The molecule has 10 aliphatic rings. The second-order valence-electron chi connectivity index (χ2n) is 42.7. The third-order valence-electron chi connectivity index (χ3n) is 35.8. The van der Waals surface area contributed by atoms with Crippen molar-refractivity contribution in [2.45, 2.75) is 75.0 Å². The van der Waals surface area contributed by atoms with Crippen molar-refractivity contribution in [3.8, 4) is 95.0 Å². The Labute approximate surface area is 820 Å². The summed E-state index contributed by atoms with van der Waals surface area (Å²) in [7, 11) is 0. The fourth-order valence-corrected chi connectivity index (χ4v) is 30.5. The van der Waals surface area contributed by atoms with E-state index >= 15 is 0 Å². The van der Waals surface area contributed by atoms with Gasteiger partial charge in [-0.1, -0.05) is 231 Å². The van der Waals surface area contributed by atoms with Crippen molar-refractivity contribution in [3.05, 3.63) is 429 Å². The van der Waals surface area contributed by atoms with Crippen LogP contribution in [0.4, 0.5) is 11.4 Å². The molecule has 8 fully saturated rings. The number of benzene rings is 18. The molecule has 8 bridgehead atoms. The molecule has 8 heteroatoms. The number of hydrogen-bond donors (Lipinski definition) is 1. The Hall–Kier alpha value is -16.4. The number of fused-ring (bicyclic) bond motifs is 23. The Morgan fingerprint density at radius 2 is 0.641 bits per heavy atom. The van der Waals surface area contributed by atoms with Crippen LogP contribution in [0.1, 0.15) is 86.5 Å². The average Bonchev–Trinajstić information content (AvgIpc) is 1.51. The van der Waals surface area contributed by atoms with E-state index in [-0.39, 0.29) is 10.8 Å². The summed E-state index contributed by atoms with van der Waals surface area (Å²) in [5.41, 5.74) is 40.9. The van der Waals surface area contributed by atoms with Gasteiger partial charge in [-0.05, 0) is 358 Å². The summed E-state index contributed by atoms with van der Waals surface area (Å²) in [5.74, 6) is 6.69. The van der Waals surface area contributed by atoms with Gasteiger partial charge in [-0.2, -0.15) is 0 Å². The fourth-order valence-electron chi connectivity index (χ4n) is 30.5. The molecule has 25 aromatic rings. The number of nitrogens with one attached hydrogen (secondary N) is 1. The monoisotopic (exact) mass is 1820 g/mol. The molecule has 142 heavy (non-hydrogen) atoms. The average molecular weight is 1820 g/mol. The highest BCUT2D eigenvalue weighted by atomic mass is 16.3. The van der Waals surface area contributed by atoms with Gasteiger partial charge < -0.3 is 27.9 Å². The smallest absolute Gasteiger partial charge is 0.136 e.